The van der Waals surface area contributed by atoms with Crippen LogP contribution in [-0.4, -0.2) is 43.8 Å². The van der Waals surface area contributed by atoms with Crippen LogP contribution in [0, 0.1) is 11.2 Å². The van der Waals surface area contributed by atoms with Gasteiger partial charge >= 0.3 is 0 Å². The van der Waals surface area contributed by atoms with Crippen LogP contribution in [0.4, 0.5) is 0 Å². The Kier molecular flexibility index (Phi) is 13.0. The molecule has 0 saturated heterocycles. The van der Waals surface area contributed by atoms with Crippen molar-refractivity contribution in [1.29, 1.82) is 0 Å². The monoisotopic (exact) mass is 265 g/mol. The zero-order valence-electron chi connectivity index (χ0n) is 9.36. The predicted molar refractivity (Wildman–Crippen MR) is 75.4 cm³/mol. The van der Waals surface area contributed by atoms with Gasteiger partial charge < -0.3 is 4.74 Å². The number of hydrogen-bond donors (Lipinski definition) is 1. The number of ether oxygens (including phenoxy) is 1. The van der Waals surface area contributed by atoms with E-state index >= 15 is 0 Å². The number of nitrogens with zero attached hydrogens (tertiary/aromatic N) is 1. The highest BCUT2D eigenvalue weighted by molar-refractivity contribution is 8.76. The molecule has 0 fully saturated rings. The van der Waals surface area contributed by atoms with Crippen LogP contribution in [0.15, 0.2) is 0 Å². The third-order valence-corrected chi connectivity index (χ3v) is 3.63. The summed E-state index contributed by atoms with van der Waals surface area (Å²) in [7, 11) is 5.80. The van der Waals surface area contributed by atoms with Crippen LogP contribution in [0.1, 0.15) is 12.8 Å². The third-order valence-electron chi connectivity index (χ3n) is 1.67. The molecule has 0 atom stereocenters. The molecule has 0 aromatic heterocycles. The van der Waals surface area contributed by atoms with E-state index in [2.05, 4.69) is 42.0 Å². The lowest BCUT2D eigenvalue weighted by atomic mass is 10.4. The molecular weight excluding hydrogens is 246 g/mol. The molecule has 0 bridgehead atoms. The van der Waals surface area contributed by atoms with Crippen LogP contribution in [-0.2, 0) is 4.74 Å². The van der Waals surface area contributed by atoms with E-state index in [0.29, 0.717) is 0 Å². The lowest BCUT2D eigenvalue weighted by molar-refractivity contribution is 0.131. The number of thiol groups is 1. The van der Waals surface area contributed by atoms with Crippen LogP contribution in [0.3, 0.4) is 0 Å². The lowest BCUT2D eigenvalue weighted by Crippen LogP contribution is -2.19. The second-order valence-corrected chi connectivity index (χ2v) is 5.76. The van der Waals surface area contributed by atoms with Crippen molar-refractivity contribution >= 4 is 34.2 Å². The molecule has 5 heteroatoms. The molecule has 15 heavy (non-hydrogen) atoms. The molecule has 0 amide bonds. The van der Waals surface area contributed by atoms with Crippen LogP contribution in [0.5, 0.6) is 0 Å². The molecule has 0 rings (SSSR count). The number of hydrogen-bond acceptors (Lipinski definition) is 5. The highest BCUT2D eigenvalue weighted by atomic mass is 33.1. The zero-order valence-corrected chi connectivity index (χ0v) is 11.9. The molecule has 0 N–H and O–H groups in total. The molecule has 0 spiro atoms. The van der Waals surface area contributed by atoms with E-state index in [-0.39, 0.29) is 0 Å². The maximum atomic E-state index is 5.42. The molecule has 88 valence electrons. The summed E-state index contributed by atoms with van der Waals surface area (Å²) in [6.07, 6.45) is 3.96. The molecule has 0 aromatic rings. The summed E-state index contributed by atoms with van der Waals surface area (Å²) in [5, 5.41) is 2.55. The van der Waals surface area contributed by atoms with Crippen molar-refractivity contribution < 1.29 is 4.74 Å². The number of rotatable bonds is 9. The van der Waals surface area contributed by atoms with Crippen molar-refractivity contribution in [3.63, 3.8) is 0 Å². The van der Waals surface area contributed by atoms with Gasteiger partial charge in [-0.15, -0.1) is 0 Å². The molecular formula is C10H19NOS3. The smallest absolute Gasteiger partial charge is 0.0575 e. The summed E-state index contributed by atoms with van der Waals surface area (Å²) in [6.45, 7) is 2.63. The summed E-state index contributed by atoms with van der Waals surface area (Å²) in [4.78, 5) is 2.30. The van der Waals surface area contributed by atoms with Crippen LogP contribution < -0.4 is 0 Å². The quantitative estimate of drug-likeness (QED) is 0.226. The van der Waals surface area contributed by atoms with E-state index in [1.807, 2.05) is 10.8 Å². The standard InChI is InChI=1S/C10H19NOS3/c1-11(10-15-14-2)6-5-8-12-7-3-4-9-13/h13H,3,5-8,10H2,1-2H3. The summed E-state index contributed by atoms with van der Waals surface area (Å²) in [6, 6.07) is 0. The van der Waals surface area contributed by atoms with Gasteiger partial charge in [-0.1, -0.05) is 40.1 Å². The van der Waals surface area contributed by atoms with Crippen molar-refractivity contribution in [2.45, 2.75) is 12.8 Å². The Morgan fingerprint density at radius 2 is 2.20 bits per heavy atom. The highest BCUT2D eigenvalue weighted by Gasteiger charge is 1.97. The molecule has 0 saturated carbocycles. The molecule has 0 aliphatic rings. The second-order valence-electron chi connectivity index (χ2n) is 3.00. The Labute approximate surface area is 107 Å². The minimum Gasteiger partial charge on any atom is -0.380 e. The average molecular weight is 265 g/mol. The maximum Gasteiger partial charge on any atom is 0.0575 e. The van der Waals surface area contributed by atoms with E-state index in [1.165, 1.54) is 0 Å². The fraction of sp³-hybridized carbons (Fsp3) is 0.800. The first kappa shape index (κ1) is 15.5. The largest absolute Gasteiger partial charge is 0.380 e. The van der Waals surface area contributed by atoms with E-state index in [1.54, 1.807) is 10.8 Å². The van der Waals surface area contributed by atoms with E-state index in [0.717, 1.165) is 38.5 Å². The van der Waals surface area contributed by atoms with Crippen molar-refractivity contribution in [1.82, 2.24) is 4.90 Å². The molecule has 0 aliphatic carbocycles. The van der Waals surface area contributed by atoms with E-state index in [9.17, 15) is 0 Å². The van der Waals surface area contributed by atoms with Gasteiger partial charge in [0.25, 0.3) is 0 Å². The van der Waals surface area contributed by atoms with Gasteiger partial charge in [0.1, 0.15) is 0 Å². The SMILES string of the molecule is CSSCN(C)CCCOCCC#CS. The van der Waals surface area contributed by atoms with Gasteiger partial charge in [0, 0.05) is 19.6 Å². The predicted octanol–water partition coefficient (Wildman–Crippen LogP) is 2.57. The van der Waals surface area contributed by atoms with Gasteiger partial charge in [-0.25, -0.2) is 0 Å². The summed E-state index contributed by atoms with van der Waals surface area (Å²) in [5.74, 6) is 3.92. The maximum absolute atomic E-state index is 5.42. The van der Waals surface area contributed by atoms with Crippen LogP contribution in [0.2, 0.25) is 0 Å². The highest BCUT2D eigenvalue weighted by Crippen LogP contribution is 2.16. The van der Waals surface area contributed by atoms with Crippen LogP contribution in [0.25, 0.3) is 0 Å². The van der Waals surface area contributed by atoms with Gasteiger partial charge in [0.05, 0.1) is 12.5 Å². The lowest BCUT2D eigenvalue weighted by Gasteiger charge is -2.14. The molecule has 0 aromatic carbocycles. The Morgan fingerprint density at radius 1 is 1.40 bits per heavy atom. The van der Waals surface area contributed by atoms with Gasteiger partial charge in [-0.05, 0) is 25.0 Å². The first-order valence-corrected chi connectivity index (χ1v) is 8.02. The molecule has 0 unspecified atom stereocenters. The van der Waals surface area contributed by atoms with Crippen molar-refractivity contribution in [2.24, 2.45) is 0 Å². The Bertz CT molecular complexity index is 191. The van der Waals surface area contributed by atoms with Gasteiger partial charge in [0.15, 0.2) is 0 Å². The molecule has 2 nitrogen and oxygen atoms in total. The van der Waals surface area contributed by atoms with Gasteiger partial charge in [-0.2, -0.15) is 0 Å². The second kappa shape index (κ2) is 12.6. The fourth-order valence-electron chi connectivity index (χ4n) is 0.925. The summed E-state index contributed by atoms with van der Waals surface area (Å²) in [5.41, 5.74) is 0. The summed E-state index contributed by atoms with van der Waals surface area (Å²) < 4.78 is 5.42. The van der Waals surface area contributed by atoms with Crippen molar-refractivity contribution in [3.8, 4) is 11.2 Å². The summed E-state index contributed by atoms with van der Waals surface area (Å²) >= 11 is 3.80. The molecule has 0 aliphatic heterocycles. The van der Waals surface area contributed by atoms with Gasteiger partial charge in [0.2, 0.25) is 0 Å². The minimum atomic E-state index is 0.719. The first-order valence-electron chi connectivity index (χ1n) is 4.85. The fourth-order valence-corrected chi connectivity index (χ4v) is 2.31. The minimum absolute atomic E-state index is 0.719. The van der Waals surface area contributed by atoms with Crippen molar-refractivity contribution in [3.05, 3.63) is 0 Å². The zero-order chi connectivity index (χ0) is 11.4. The van der Waals surface area contributed by atoms with E-state index in [4.69, 9.17) is 4.74 Å². The first-order chi connectivity index (χ1) is 7.31. The topological polar surface area (TPSA) is 12.5 Å². The van der Waals surface area contributed by atoms with Crippen LogP contribution >= 0.6 is 34.2 Å². The normalized spacial score (nSPS) is 10.1. The van der Waals surface area contributed by atoms with E-state index < -0.39 is 0 Å². The van der Waals surface area contributed by atoms with Crippen molar-refractivity contribution in [2.75, 3.05) is 38.9 Å². The Hall–Kier alpha value is 0.530. The Balaban J connectivity index is 3.11. The molecule has 0 radical (unpaired) electrons. The Morgan fingerprint density at radius 3 is 2.87 bits per heavy atom. The third kappa shape index (κ3) is 12.5. The van der Waals surface area contributed by atoms with Gasteiger partial charge in [-0.3, -0.25) is 4.90 Å². The average Bonchev–Trinajstić information content (AvgIpc) is 2.25. The molecule has 0 heterocycles.